The summed E-state index contributed by atoms with van der Waals surface area (Å²) in [5, 5.41) is 2.49. The van der Waals surface area contributed by atoms with E-state index in [0.29, 0.717) is 11.8 Å². The van der Waals surface area contributed by atoms with Crippen molar-refractivity contribution in [2.24, 2.45) is 0 Å². The first-order valence-electron chi connectivity index (χ1n) is 12.6. The molecule has 3 amide bonds. The molecule has 4 rings (SSSR count). The Morgan fingerprint density at radius 1 is 1.03 bits per heavy atom. The molecular formula is C27H35N5O4. The number of hydrogen-bond donors (Lipinski definition) is 1. The van der Waals surface area contributed by atoms with Gasteiger partial charge in [0.05, 0.1) is 11.1 Å². The van der Waals surface area contributed by atoms with Gasteiger partial charge in [-0.05, 0) is 42.7 Å². The molecule has 1 saturated heterocycles. The second-order valence-electron chi connectivity index (χ2n) is 8.44. The third kappa shape index (κ3) is 5.40. The molecule has 1 N–H and O–H groups in total. The Labute approximate surface area is 212 Å². The minimum Gasteiger partial charge on any atom is -0.368 e. The molecule has 1 unspecified atom stereocenters. The van der Waals surface area contributed by atoms with Gasteiger partial charge in [0, 0.05) is 51.5 Å². The summed E-state index contributed by atoms with van der Waals surface area (Å²) in [4.78, 5) is 59.3. The number of carbonyl (C=O) groups is 4. The topological polar surface area (TPSA) is 103 Å². The van der Waals surface area contributed by atoms with Crippen LogP contribution in [-0.4, -0.2) is 73.2 Å². The summed E-state index contributed by atoms with van der Waals surface area (Å²) >= 11 is 0. The van der Waals surface area contributed by atoms with Crippen LogP contribution in [-0.2, 0) is 16.0 Å². The highest BCUT2D eigenvalue weighted by molar-refractivity contribution is 6.23. The van der Waals surface area contributed by atoms with Gasteiger partial charge in [-0.25, -0.2) is 4.98 Å². The number of hydrogen-bond acceptors (Lipinski definition) is 7. The fourth-order valence-electron chi connectivity index (χ4n) is 4.50. The third-order valence-electron chi connectivity index (χ3n) is 6.51. The second kappa shape index (κ2) is 12.3. The molecule has 1 aromatic heterocycles. The zero-order valence-electron chi connectivity index (χ0n) is 21.5. The minimum atomic E-state index is -1.01. The molecule has 0 saturated carbocycles. The lowest BCUT2D eigenvalue weighted by Gasteiger charge is -2.36. The third-order valence-corrected chi connectivity index (χ3v) is 6.51. The number of aryl methyl sites for hydroxylation is 1. The van der Waals surface area contributed by atoms with Crippen molar-refractivity contribution < 1.29 is 19.2 Å². The van der Waals surface area contributed by atoms with Crippen molar-refractivity contribution in [2.75, 3.05) is 43.0 Å². The number of rotatable bonds is 8. The van der Waals surface area contributed by atoms with Crippen LogP contribution in [0.2, 0.25) is 0 Å². The maximum Gasteiger partial charge on any atom is 0.262 e. The largest absolute Gasteiger partial charge is 0.368 e. The van der Waals surface area contributed by atoms with Gasteiger partial charge in [0.1, 0.15) is 18.1 Å². The highest BCUT2D eigenvalue weighted by atomic mass is 16.2. The first-order chi connectivity index (χ1) is 17.5. The van der Waals surface area contributed by atoms with Crippen LogP contribution in [0.1, 0.15) is 59.9 Å². The monoisotopic (exact) mass is 493 g/mol. The van der Waals surface area contributed by atoms with Crippen LogP contribution >= 0.6 is 0 Å². The van der Waals surface area contributed by atoms with E-state index in [1.807, 2.05) is 26.1 Å². The molecular weight excluding hydrogens is 458 g/mol. The van der Waals surface area contributed by atoms with E-state index in [1.54, 1.807) is 12.1 Å². The van der Waals surface area contributed by atoms with Crippen molar-refractivity contribution in [3.8, 4) is 0 Å². The minimum absolute atomic E-state index is 0.0804. The number of aromatic nitrogens is 1. The molecule has 2 aromatic rings. The normalized spacial score (nSPS) is 15.7. The molecule has 2 aliphatic heterocycles. The van der Waals surface area contributed by atoms with Crippen molar-refractivity contribution in [2.45, 2.75) is 46.1 Å². The molecule has 1 fully saturated rings. The quantitative estimate of drug-likeness (QED) is 0.445. The number of anilines is 2. The lowest BCUT2D eigenvalue weighted by Crippen LogP contribution is -2.48. The van der Waals surface area contributed by atoms with Crippen LogP contribution in [0.15, 0.2) is 36.5 Å². The van der Waals surface area contributed by atoms with Crippen LogP contribution in [0.3, 0.4) is 0 Å². The van der Waals surface area contributed by atoms with E-state index in [2.05, 4.69) is 39.2 Å². The smallest absolute Gasteiger partial charge is 0.262 e. The van der Waals surface area contributed by atoms with Gasteiger partial charge in [-0.2, -0.15) is 0 Å². The number of nitrogens with one attached hydrogen (secondary N) is 1. The maximum atomic E-state index is 13.2. The second-order valence-corrected chi connectivity index (χ2v) is 8.44. The Bertz CT molecular complexity index is 1090. The molecule has 2 aliphatic rings. The van der Waals surface area contributed by atoms with E-state index < -0.39 is 23.8 Å². The zero-order chi connectivity index (χ0) is 26.2. The van der Waals surface area contributed by atoms with Crippen LogP contribution in [0.5, 0.6) is 0 Å². The number of likely N-dealkylation sites (N-methyl/N-ethyl adjacent to an activating group) is 1. The molecule has 0 spiro atoms. The Morgan fingerprint density at radius 2 is 1.69 bits per heavy atom. The Kier molecular flexibility index (Phi) is 9.16. The number of pyridine rings is 1. The van der Waals surface area contributed by atoms with Gasteiger partial charge in [0.15, 0.2) is 0 Å². The maximum absolute atomic E-state index is 13.2. The first kappa shape index (κ1) is 26.8. The highest BCUT2D eigenvalue weighted by Gasteiger charge is 2.42. The van der Waals surface area contributed by atoms with E-state index >= 15 is 0 Å². The Hall–Kier alpha value is -3.75. The first-order valence-corrected chi connectivity index (χ1v) is 12.6. The molecule has 192 valence electrons. The van der Waals surface area contributed by atoms with Gasteiger partial charge in [-0.3, -0.25) is 19.3 Å². The van der Waals surface area contributed by atoms with Crippen LogP contribution in [0.25, 0.3) is 0 Å². The lowest BCUT2D eigenvalue weighted by atomic mass is 10.1. The SMILES string of the molecule is CC.CCc1ccc(N2CCN(c3ccc4c(c3)C(=O)N(C(CCC=O)C(=O)NC)C4=O)CC2)nc1. The number of aldehydes is 1. The molecule has 9 heteroatoms. The number of amides is 3. The van der Waals surface area contributed by atoms with Crippen LogP contribution in [0, 0.1) is 0 Å². The summed E-state index contributed by atoms with van der Waals surface area (Å²) in [6.45, 7) is 9.19. The summed E-state index contributed by atoms with van der Waals surface area (Å²) in [7, 11) is 1.44. The van der Waals surface area contributed by atoms with Crippen molar-refractivity contribution in [1.82, 2.24) is 15.2 Å². The number of piperazine rings is 1. The van der Waals surface area contributed by atoms with Gasteiger partial charge in [-0.1, -0.05) is 26.8 Å². The van der Waals surface area contributed by atoms with E-state index in [0.717, 1.165) is 49.0 Å². The van der Waals surface area contributed by atoms with Crippen molar-refractivity contribution in [3.63, 3.8) is 0 Å². The van der Waals surface area contributed by atoms with Gasteiger partial charge in [-0.15, -0.1) is 0 Å². The van der Waals surface area contributed by atoms with E-state index in [4.69, 9.17) is 0 Å². The summed E-state index contributed by atoms with van der Waals surface area (Å²) < 4.78 is 0. The molecule has 3 heterocycles. The van der Waals surface area contributed by atoms with Crippen LogP contribution < -0.4 is 15.1 Å². The number of nitrogens with zero attached hydrogens (tertiary/aromatic N) is 4. The predicted molar refractivity (Wildman–Crippen MR) is 139 cm³/mol. The fourth-order valence-corrected chi connectivity index (χ4v) is 4.50. The average molecular weight is 494 g/mol. The summed E-state index contributed by atoms with van der Waals surface area (Å²) in [6.07, 6.45) is 3.73. The standard InChI is InChI=1S/C25H29N5O4.C2H6/c1-3-17-6-9-22(27-16-17)29-12-10-28(11-13-29)18-7-8-19-20(15-18)25(34)30(24(19)33)21(5-4-14-31)23(32)26-2;1-2/h6-9,14-16,21H,3-5,10-13H2,1-2H3,(H,26,32);1-2H3. The van der Waals surface area contributed by atoms with Crippen LogP contribution in [0.4, 0.5) is 11.5 Å². The summed E-state index contributed by atoms with van der Waals surface area (Å²) in [5.41, 5.74) is 2.65. The van der Waals surface area contributed by atoms with Crippen molar-refractivity contribution in [1.29, 1.82) is 0 Å². The molecule has 0 aliphatic carbocycles. The fraction of sp³-hybridized carbons (Fsp3) is 0.444. The summed E-state index contributed by atoms with van der Waals surface area (Å²) in [6, 6.07) is 8.38. The average Bonchev–Trinajstić information content (AvgIpc) is 3.19. The lowest BCUT2D eigenvalue weighted by molar-refractivity contribution is -0.124. The molecule has 1 atom stereocenters. The zero-order valence-corrected chi connectivity index (χ0v) is 21.5. The van der Waals surface area contributed by atoms with Crippen molar-refractivity contribution >= 4 is 35.5 Å². The van der Waals surface area contributed by atoms with Gasteiger partial charge < -0.3 is 19.9 Å². The summed E-state index contributed by atoms with van der Waals surface area (Å²) in [5.74, 6) is -0.510. The molecule has 9 nitrogen and oxygen atoms in total. The Morgan fingerprint density at radius 3 is 2.28 bits per heavy atom. The number of fused-ring (bicyclic) bond motifs is 1. The number of carbonyl (C=O) groups excluding carboxylic acids is 4. The molecule has 0 bridgehead atoms. The Balaban J connectivity index is 0.00000176. The number of imide groups is 1. The predicted octanol–water partition coefficient (Wildman–Crippen LogP) is 2.69. The van der Waals surface area contributed by atoms with E-state index in [9.17, 15) is 19.2 Å². The van der Waals surface area contributed by atoms with Gasteiger partial charge in [0.2, 0.25) is 5.91 Å². The molecule has 0 radical (unpaired) electrons. The van der Waals surface area contributed by atoms with E-state index in [-0.39, 0.29) is 18.4 Å². The molecule has 1 aromatic carbocycles. The highest BCUT2D eigenvalue weighted by Crippen LogP contribution is 2.30. The van der Waals surface area contributed by atoms with Gasteiger partial charge >= 0.3 is 0 Å². The van der Waals surface area contributed by atoms with Crippen molar-refractivity contribution in [3.05, 3.63) is 53.2 Å². The number of benzene rings is 1. The molecule has 36 heavy (non-hydrogen) atoms. The van der Waals surface area contributed by atoms with E-state index in [1.165, 1.54) is 12.6 Å². The van der Waals surface area contributed by atoms with Gasteiger partial charge in [0.25, 0.3) is 11.8 Å².